The summed E-state index contributed by atoms with van der Waals surface area (Å²) in [5.41, 5.74) is 0.628. The van der Waals surface area contributed by atoms with Crippen molar-refractivity contribution in [3.05, 3.63) is 81.2 Å². The quantitative estimate of drug-likeness (QED) is 0.589. The van der Waals surface area contributed by atoms with Gasteiger partial charge in [-0.15, -0.1) is 0 Å². The molecule has 1 aromatic heterocycles. The molecule has 2 heterocycles. The van der Waals surface area contributed by atoms with Gasteiger partial charge in [-0.1, -0.05) is 24.3 Å². The number of fused-ring (bicyclic) bond motifs is 2. The summed E-state index contributed by atoms with van der Waals surface area (Å²) in [4.78, 5) is 16.1. The Kier molecular flexibility index (Phi) is 3.41. The number of nitrogens with zero attached hydrogens (tertiary/aromatic N) is 1. The van der Waals surface area contributed by atoms with Gasteiger partial charge in [0.2, 0.25) is 0 Å². The summed E-state index contributed by atoms with van der Waals surface area (Å²) in [6.07, 6.45) is 0. The van der Waals surface area contributed by atoms with Gasteiger partial charge in [0.15, 0.2) is 0 Å². The topological polar surface area (TPSA) is 42.6 Å². The summed E-state index contributed by atoms with van der Waals surface area (Å²) in [6, 6.07) is 13.4. The zero-order chi connectivity index (χ0) is 18.7. The Morgan fingerprint density at radius 3 is 2.54 bits per heavy atom. The lowest BCUT2D eigenvalue weighted by atomic mass is 9.81. The molecule has 3 aromatic rings. The van der Waals surface area contributed by atoms with E-state index in [4.69, 9.17) is 4.42 Å². The van der Waals surface area contributed by atoms with Crippen LogP contribution in [0.5, 0.6) is 0 Å². The molecule has 3 nitrogen and oxygen atoms in total. The maximum Gasteiger partial charge on any atom is 0.339 e. The van der Waals surface area contributed by atoms with Gasteiger partial charge < -0.3 is 4.42 Å². The smallest absolute Gasteiger partial charge is 0.339 e. The van der Waals surface area contributed by atoms with Gasteiger partial charge >= 0.3 is 5.63 Å². The second kappa shape index (κ2) is 5.34. The van der Waals surface area contributed by atoms with Gasteiger partial charge in [0.1, 0.15) is 11.1 Å². The number of rotatable bonds is 1. The van der Waals surface area contributed by atoms with Crippen molar-refractivity contribution < 1.29 is 13.2 Å². The number of aryl methyl sites for hydroxylation is 1. The van der Waals surface area contributed by atoms with Gasteiger partial charge in [0.25, 0.3) is 5.92 Å². The Morgan fingerprint density at radius 2 is 1.77 bits per heavy atom. The van der Waals surface area contributed by atoms with Crippen LogP contribution in [0.3, 0.4) is 0 Å². The minimum Gasteiger partial charge on any atom is -0.423 e. The first-order valence-corrected chi connectivity index (χ1v) is 8.33. The van der Waals surface area contributed by atoms with Gasteiger partial charge in [-0.3, -0.25) is 4.99 Å². The predicted molar refractivity (Wildman–Crippen MR) is 97.3 cm³/mol. The molecule has 0 spiro atoms. The highest BCUT2D eigenvalue weighted by Gasteiger charge is 2.52. The molecule has 4 rings (SSSR count). The van der Waals surface area contributed by atoms with E-state index in [0.29, 0.717) is 28.0 Å². The van der Waals surface area contributed by atoms with E-state index in [2.05, 4.69) is 4.99 Å². The second-order valence-electron chi connectivity index (χ2n) is 7.11. The number of hydrogen-bond acceptors (Lipinski definition) is 3. The molecule has 0 N–H and O–H groups in total. The zero-order valence-corrected chi connectivity index (χ0v) is 14.6. The van der Waals surface area contributed by atoms with Crippen molar-refractivity contribution in [3.8, 4) is 0 Å². The maximum atomic E-state index is 14.9. The number of alkyl halides is 2. The fraction of sp³-hybridized carbons (Fsp3) is 0.238. The van der Waals surface area contributed by atoms with Crippen LogP contribution in [0, 0.1) is 6.92 Å². The largest absolute Gasteiger partial charge is 0.423 e. The number of hydrogen-bond donors (Lipinski definition) is 0. The Bertz CT molecular complexity index is 1130. The average Bonchev–Trinajstić information content (AvgIpc) is 2.59. The van der Waals surface area contributed by atoms with Crippen LogP contribution in [-0.4, -0.2) is 11.3 Å². The Hall–Kier alpha value is -2.82. The first-order valence-electron chi connectivity index (χ1n) is 8.33. The molecule has 132 valence electrons. The predicted octanol–water partition coefficient (Wildman–Crippen LogP) is 4.82. The molecule has 2 aromatic carbocycles. The maximum absolute atomic E-state index is 14.9. The molecule has 0 unspecified atom stereocenters. The SMILES string of the molecule is Cc1cc2cc(C3=NC(C)(C)C(F)(F)c4ccccc43)ccc2oc1=O. The minimum absolute atomic E-state index is 0.0223. The summed E-state index contributed by atoms with van der Waals surface area (Å²) in [6.45, 7) is 4.55. The summed E-state index contributed by atoms with van der Waals surface area (Å²) in [5.74, 6) is -3.06. The van der Waals surface area contributed by atoms with Crippen molar-refractivity contribution in [2.45, 2.75) is 32.2 Å². The molecular formula is C21H17F2NO2. The van der Waals surface area contributed by atoms with E-state index in [1.54, 1.807) is 43.3 Å². The first-order chi connectivity index (χ1) is 12.2. The van der Waals surface area contributed by atoms with Crippen molar-refractivity contribution in [3.63, 3.8) is 0 Å². The van der Waals surface area contributed by atoms with E-state index in [1.807, 2.05) is 6.07 Å². The molecular weight excluding hydrogens is 336 g/mol. The van der Waals surface area contributed by atoms with Crippen LogP contribution < -0.4 is 5.63 Å². The van der Waals surface area contributed by atoms with Gasteiger partial charge in [0.05, 0.1) is 5.71 Å². The molecule has 0 radical (unpaired) electrons. The molecule has 0 atom stereocenters. The van der Waals surface area contributed by atoms with Crippen LogP contribution in [-0.2, 0) is 5.92 Å². The molecule has 26 heavy (non-hydrogen) atoms. The molecule has 0 aliphatic carbocycles. The van der Waals surface area contributed by atoms with Gasteiger partial charge in [-0.2, -0.15) is 8.78 Å². The number of halogens is 2. The lowest BCUT2D eigenvalue weighted by Crippen LogP contribution is -2.44. The second-order valence-corrected chi connectivity index (χ2v) is 7.11. The monoisotopic (exact) mass is 353 g/mol. The highest BCUT2D eigenvalue weighted by molar-refractivity contribution is 6.15. The third kappa shape index (κ3) is 2.30. The standard InChI is InChI=1S/C21H17F2NO2/c1-12-10-14-11-13(8-9-17(14)26-19(12)25)18-15-6-4-5-7-16(15)21(22,23)20(2,3)24-18/h4-11H,1-3H3. The summed E-state index contributed by atoms with van der Waals surface area (Å²) < 4.78 is 35.0. The molecule has 1 aliphatic heterocycles. The third-order valence-corrected chi connectivity index (χ3v) is 4.86. The summed E-state index contributed by atoms with van der Waals surface area (Å²) >= 11 is 0. The zero-order valence-electron chi connectivity index (χ0n) is 14.6. The molecule has 0 bridgehead atoms. The van der Waals surface area contributed by atoms with Crippen LogP contribution in [0.4, 0.5) is 8.78 Å². The number of benzene rings is 2. The van der Waals surface area contributed by atoms with E-state index < -0.39 is 11.5 Å². The molecule has 0 saturated carbocycles. The van der Waals surface area contributed by atoms with Crippen LogP contribution >= 0.6 is 0 Å². The van der Waals surface area contributed by atoms with E-state index in [-0.39, 0.29) is 11.2 Å². The van der Waals surface area contributed by atoms with Gasteiger partial charge in [-0.05, 0) is 45.0 Å². The van der Waals surface area contributed by atoms with Gasteiger partial charge in [-0.25, -0.2) is 4.79 Å². The highest BCUT2D eigenvalue weighted by Crippen LogP contribution is 2.46. The average molecular weight is 353 g/mol. The highest BCUT2D eigenvalue weighted by atomic mass is 19.3. The Labute approximate surface area is 149 Å². The van der Waals surface area contributed by atoms with Crippen molar-refractivity contribution in [1.29, 1.82) is 0 Å². The van der Waals surface area contributed by atoms with Crippen molar-refractivity contribution >= 4 is 16.7 Å². The molecule has 0 fully saturated rings. The lowest BCUT2D eigenvalue weighted by Gasteiger charge is -2.37. The van der Waals surface area contributed by atoms with Crippen molar-refractivity contribution in [2.75, 3.05) is 0 Å². The van der Waals surface area contributed by atoms with E-state index in [0.717, 1.165) is 5.39 Å². The number of aliphatic imine (C=N–C) groups is 1. The van der Waals surface area contributed by atoms with E-state index in [9.17, 15) is 13.6 Å². The van der Waals surface area contributed by atoms with E-state index in [1.165, 1.54) is 19.9 Å². The Balaban J connectivity index is 1.98. The third-order valence-electron chi connectivity index (χ3n) is 4.86. The lowest BCUT2D eigenvalue weighted by molar-refractivity contribution is -0.0681. The molecule has 5 heteroatoms. The fourth-order valence-electron chi connectivity index (χ4n) is 3.30. The minimum atomic E-state index is -3.06. The van der Waals surface area contributed by atoms with Crippen LogP contribution in [0.2, 0.25) is 0 Å². The molecule has 1 aliphatic rings. The fourth-order valence-corrected chi connectivity index (χ4v) is 3.30. The van der Waals surface area contributed by atoms with Crippen LogP contribution in [0.15, 0.2) is 62.7 Å². The Morgan fingerprint density at radius 1 is 1.04 bits per heavy atom. The summed E-state index contributed by atoms with van der Waals surface area (Å²) in [5, 5.41) is 0.731. The first kappa shape index (κ1) is 16.6. The normalized spacial score (nSPS) is 17.7. The van der Waals surface area contributed by atoms with Crippen molar-refractivity contribution in [2.24, 2.45) is 4.99 Å². The van der Waals surface area contributed by atoms with Gasteiger partial charge in [0, 0.05) is 27.6 Å². The van der Waals surface area contributed by atoms with E-state index >= 15 is 0 Å². The van der Waals surface area contributed by atoms with Crippen molar-refractivity contribution in [1.82, 2.24) is 0 Å². The summed E-state index contributed by atoms with van der Waals surface area (Å²) in [7, 11) is 0. The van der Waals surface area contributed by atoms with Crippen LogP contribution in [0.1, 0.15) is 36.1 Å². The molecule has 0 amide bonds. The van der Waals surface area contributed by atoms with Crippen LogP contribution in [0.25, 0.3) is 11.0 Å². The molecule has 0 saturated heterocycles.